The fraction of sp³-hybridized carbons (Fsp3) is 1.00. The molecule has 0 unspecified atom stereocenters. The van der Waals surface area contributed by atoms with Crippen LogP contribution in [0.2, 0.25) is 0 Å². The summed E-state index contributed by atoms with van der Waals surface area (Å²) < 4.78 is 0. The average Bonchev–Trinajstić information content (AvgIpc) is 3.03. The van der Waals surface area contributed by atoms with E-state index in [-0.39, 0.29) is 0 Å². The maximum atomic E-state index is 3.78. The Morgan fingerprint density at radius 2 is 1.79 bits per heavy atom. The van der Waals surface area contributed by atoms with E-state index < -0.39 is 0 Å². The molecule has 2 heteroatoms. The van der Waals surface area contributed by atoms with Crippen LogP contribution in [0, 0.1) is 11.8 Å². The molecule has 2 saturated carbocycles. The standard InChI is InChI=1S/C12H23NS/c1-2-8-14-9-7-13-12(10-3-4-10)11-5-6-11/h10-13H,2-9H2,1H3. The molecule has 0 aromatic heterocycles. The van der Waals surface area contributed by atoms with Gasteiger partial charge >= 0.3 is 0 Å². The van der Waals surface area contributed by atoms with E-state index in [1.54, 1.807) is 0 Å². The van der Waals surface area contributed by atoms with Crippen molar-refractivity contribution in [3.63, 3.8) is 0 Å². The molecule has 0 amide bonds. The summed E-state index contributed by atoms with van der Waals surface area (Å²) in [5, 5.41) is 3.78. The van der Waals surface area contributed by atoms with Gasteiger partial charge in [-0.05, 0) is 49.7 Å². The lowest BCUT2D eigenvalue weighted by atomic mass is 10.1. The first-order chi connectivity index (χ1) is 6.92. The van der Waals surface area contributed by atoms with Gasteiger partial charge in [-0.2, -0.15) is 11.8 Å². The van der Waals surface area contributed by atoms with E-state index in [0.29, 0.717) is 0 Å². The Morgan fingerprint density at radius 3 is 2.29 bits per heavy atom. The smallest absolute Gasteiger partial charge is 0.0124 e. The van der Waals surface area contributed by atoms with Gasteiger partial charge in [0, 0.05) is 18.3 Å². The van der Waals surface area contributed by atoms with Gasteiger partial charge < -0.3 is 5.32 Å². The van der Waals surface area contributed by atoms with Crippen molar-refractivity contribution in [2.75, 3.05) is 18.1 Å². The number of rotatable bonds is 8. The third-order valence-electron chi connectivity index (χ3n) is 3.23. The van der Waals surface area contributed by atoms with Crippen molar-refractivity contribution in [2.24, 2.45) is 11.8 Å². The van der Waals surface area contributed by atoms with E-state index in [0.717, 1.165) is 17.9 Å². The second kappa shape index (κ2) is 5.41. The van der Waals surface area contributed by atoms with Crippen LogP contribution in [0.25, 0.3) is 0 Å². The van der Waals surface area contributed by atoms with E-state index in [1.807, 2.05) is 0 Å². The topological polar surface area (TPSA) is 12.0 Å². The van der Waals surface area contributed by atoms with Gasteiger partial charge in [0.15, 0.2) is 0 Å². The lowest BCUT2D eigenvalue weighted by Gasteiger charge is -2.17. The predicted octanol–water partition coefficient (Wildman–Crippen LogP) is 2.91. The summed E-state index contributed by atoms with van der Waals surface area (Å²) in [6.07, 6.45) is 7.30. The van der Waals surface area contributed by atoms with Crippen LogP contribution in [0.4, 0.5) is 0 Å². The maximum Gasteiger partial charge on any atom is 0.0124 e. The Kier molecular flexibility index (Phi) is 4.18. The summed E-state index contributed by atoms with van der Waals surface area (Å²) in [6, 6.07) is 0.900. The van der Waals surface area contributed by atoms with E-state index in [2.05, 4.69) is 24.0 Å². The van der Waals surface area contributed by atoms with Crippen LogP contribution in [0.3, 0.4) is 0 Å². The molecule has 0 bridgehead atoms. The van der Waals surface area contributed by atoms with Gasteiger partial charge in [0.1, 0.15) is 0 Å². The molecule has 82 valence electrons. The van der Waals surface area contributed by atoms with Gasteiger partial charge in [-0.1, -0.05) is 6.92 Å². The lowest BCUT2D eigenvalue weighted by Crippen LogP contribution is -2.34. The Bertz CT molecular complexity index is 152. The molecule has 1 nitrogen and oxygen atoms in total. The molecule has 0 aromatic carbocycles. The summed E-state index contributed by atoms with van der Waals surface area (Å²) >= 11 is 2.10. The zero-order valence-corrected chi connectivity index (χ0v) is 10.1. The summed E-state index contributed by atoms with van der Waals surface area (Å²) in [5.41, 5.74) is 0. The Labute approximate surface area is 92.4 Å². The molecular weight excluding hydrogens is 190 g/mol. The van der Waals surface area contributed by atoms with Crippen LogP contribution < -0.4 is 5.32 Å². The highest BCUT2D eigenvalue weighted by molar-refractivity contribution is 7.99. The van der Waals surface area contributed by atoms with Crippen molar-refractivity contribution < 1.29 is 0 Å². The Hall–Kier alpha value is 0.310. The molecule has 2 aliphatic carbocycles. The highest BCUT2D eigenvalue weighted by Gasteiger charge is 2.40. The minimum absolute atomic E-state index is 0.900. The summed E-state index contributed by atoms with van der Waals surface area (Å²) in [7, 11) is 0. The molecule has 0 aromatic rings. The van der Waals surface area contributed by atoms with Crippen molar-refractivity contribution in [1.29, 1.82) is 0 Å². The van der Waals surface area contributed by atoms with Crippen LogP contribution in [0.15, 0.2) is 0 Å². The van der Waals surface area contributed by atoms with Gasteiger partial charge in [-0.25, -0.2) is 0 Å². The first-order valence-electron chi connectivity index (χ1n) is 6.23. The van der Waals surface area contributed by atoms with E-state index >= 15 is 0 Å². The monoisotopic (exact) mass is 213 g/mol. The third-order valence-corrected chi connectivity index (χ3v) is 4.42. The molecule has 14 heavy (non-hydrogen) atoms. The Balaban J connectivity index is 1.53. The highest BCUT2D eigenvalue weighted by Crippen LogP contribution is 2.44. The molecule has 1 N–H and O–H groups in total. The zero-order valence-electron chi connectivity index (χ0n) is 9.30. The molecule has 2 fully saturated rings. The summed E-state index contributed by atoms with van der Waals surface area (Å²) in [6.45, 7) is 3.50. The molecule has 2 rings (SSSR count). The predicted molar refractivity (Wildman–Crippen MR) is 64.9 cm³/mol. The summed E-state index contributed by atoms with van der Waals surface area (Å²) in [5.74, 6) is 4.75. The molecular formula is C12H23NS. The second-order valence-corrected chi connectivity index (χ2v) is 5.99. The van der Waals surface area contributed by atoms with Gasteiger partial charge in [0.05, 0.1) is 0 Å². The van der Waals surface area contributed by atoms with Gasteiger partial charge in [-0.15, -0.1) is 0 Å². The van der Waals surface area contributed by atoms with Crippen molar-refractivity contribution >= 4 is 11.8 Å². The fourth-order valence-electron chi connectivity index (χ4n) is 2.17. The third kappa shape index (κ3) is 3.47. The fourth-order valence-corrected chi connectivity index (χ4v) is 2.93. The second-order valence-electron chi connectivity index (χ2n) is 4.77. The quantitative estimate of drug-likeness (QED) is 0.622. The van der Waals surface area contributed by atoms with Gasteiger partial charge in [0.25, 0.3) is 0 Å². The Morgan fingerprint density at radius 1 is 1.14 bits per heavy atom. The van der Waals surface area contributed by atoms with Crippen molar-refractivity contribution in [3.05, 3.63) is 0 Å². The van der Waals surface area contributed by atoms with Gasteiger partial charge in [-0.3, -0.25) is 0 Å². The first-order valence-corrected chi connectivity index (χ1v) is 7.38. The van der Waals surface area contributed by atoms with Crippen LogP contribution in [0.5, 0.6) is 0 Å². The van der Waals surface area contributed by atoms with Crippen molar-refractivity contribution in [1.82, 2.24) is 5.32 Å². The molecule has 0 spiro atoms. The first kappa shape index (κ1) is 10.8. The number of hydrogen-bond donors (Lipinski definition) is 1. The van der Waals surface area contributed by atoms with E-state index in [9.17, 15) is 0 Å². The normalized spacial score (nSPS) is 21.9. The molecule has 0 atom stereocenters. The van der Waals surface area contributed by atoms with E-state index in [4.69, 9.17) is 0 Å². The highest BCUT2D eigenvalue weighted by atomic mass is 32.2. The molecule has 0 saturated heterocycles. The van der Waals surface area contributed by atoms with Gasteiger partial charge in [0.2, 0.25) is 0 Å². The van der Waals surface area contributed by atoms with Crippen LogP contribution in [-0.4, -0.2) is 24.1 Å². The number of hydrogen-bond acceptors (Lipinski definition) is 2. The zero-order chi connectivity index (χ0) is 9.80. The minimum Gasteiger partial charge on any atom is -0.313 e. The average molecular weight is 213 g/mol. The van der Waals surface area contributed by atoms with Crippen molar-refractivity contribution in [2.45, 2.75) is 45.1 Å². The molecule has 0 heterocycles. The maximum absolute atomic E-state index is 3.78. The number of nitrogens with one attached hydrogen (secondary N) is 1. The lowest BCUT2D eigenvalue weighted by molar-refractivity contribution is 0.429. The minimum atomic E-state index is 0.900. The molecule has 2 aliphatic rings. The molecule has 0 radical (unpaired) electrons. The van der Waals surface area contributed by atoms with E-state index in [1.165, 1.54) is 50.2 Å². The number of thioether (sulfide) groups is 1. The van der Waals surface area contributed by atoms with Crippen molar-refractivity contribution in [3.8, 4) is 0 Å². The van der Waals surface area contributed by atoms with Crippen LogP contribution in [0.1, 0.15) is 39.0 Å². The summed E-state index contributed by atoms with van der Waals surface area (Å²) in [4.78, 5) is 0. The van der Waals surface area contributed by atoms with Crippen LogP contribution in [-0.2, 0) is 0 Å². The largest absolute Gasteiger partial charge is 0.313 e. The SMILES string of the molecule is CCCSCCNC(C1CC1)C1CC1. The molecule has 0 aliphatic heterocycles. The van der Waals surface area contributed by atoms with Crippen LogP contribution >= 0.6 is 11.8 Å².